The highest BCUT2D eigenvalue weighted by molar-refractivity contribution is 7.80. The van der Waals surface area contributed by atoms with Gasteiger partial charge in [0.1, 0.15) is 6.04 Å². The van der Waals surface area contributed by atoms with Crippen molar-refractivity contribution in [3.05, 3.63) is 0 Å². The molecule has 0 saturated carbocycles. The number of hydrogen-bond acceptors (Lipinski definition) is 7. The average Bonchev–Trinajstić information content (AvgIpc) is 2.65. The van der Waals surface area contributed by atoms with Gasteiger partial charge in [-0.05, 0) is 25.2 Å². The Morgan fingerprint density at radius 2 is 1.96 bits per heavy atom. The maximum atomic E-state index is 12.5. The van der Waals surface area contributed by atoms with E-state index in [4.69, 9.17) is 15.6 Å². The van der Waals surface area contributed by atoms with Crippen molar-refractivity contribution < 1.29 is 24.5 Å². The highest BCUT2D eigenvalue weighted by atomic mass is 32.1. The molecule has 0 aliphatic heterocycles. The number of thiol groups is 1. The van der Waals surface area contributed by atoms with Crippen LogP contribution in [0.15, 0.2) is 0 Å². The number of nitrogens with zero attached hydrogens (tertiary/aromatic N) is 1. The Morgan fingerprint density at radius 1 is 1.26 bits per heavy atom. The summed E-state index contributed by atoms with van der Waals surface area (Å²) in [7, 11) is 0. The molecule has 3 atom stereocenters. The lowest BCUT2D eigenvalue weighted by molar-refractivity contribution is -0.154. The van der Waals surface area contributed by atoms with Crippen molar-refractivity contribution in [1.29, 1.82) is 0 Å². The predicted octanol–water partition coefficient (Wildman–Crippen LogP) is 1.04. The van der Waals surface area contributed by atoms with Gasteiger partial charge in [-0.3, -0.25) is 9.80 Å². The molecule has 0 aromatic heterocycles. The first kappa shape index (κ1) is 26.1. The van der Waals surface area contributed by atoms with E-state index in [1.165, 1.54) is 0 Å². The van der Waals surface area contributed by atoms with Gasteiger partial charge in [0.2, 0.25) is 5.91 Å². The lowest BCUT2D eigenvalue weighted by Crippen LogP contribution is -2.55. The van der Waals surface area contributed by atoms with Crippen LogP contribution in [0.5, 0.6) is 0 Å². The molecule has 0 aromatic rings. The maximum Gasteiger partial charge on any atom is 0.328 e. The van der Waals surface area contributed by atoms with Crippen molar-refractivity contribution in [1.82, 2.24) is 10.4 Å². The number of amides is 1. The second-order valence-corrected chi connectivity index (χ2v) is 7.17. The summed E-state index contributed by atoms with van der Waals surface area (Å²) < 4.78 is 5.57. The second kappa shape index (κ2) is 16.1. The zero-order valence-corrected chi connectivity index (χ0v) is 17.5. The largest absolute Gasteiger partial charge is 0.480 e. The topological polar surface area (TPSA) is 125 Å². The zero-order chi connectivity index (χ0) is 20.7. The molecule has 8 nitrogen and oxygen atoms in total. The van der Waals surface area contributed by atoms with Crippen LogP contribution in [0.2, 0.25) is 0 Å². The van der Waals surface area contributed by atoms with Crippen LogP contribution in [-0.4, -0.2) is 71.3 Å². The number of ether oxygens (including phenoxy) is 1. The van der Waals surface area contributed by atoms with E-state index in [1.54, 1.807) is 0 Å². The first-order valence-electron chi connectivity index (χ1n) is 9.70. The molecule has 0 saturated heterocycles. The third-order valence-corrected chi connectivity index (χ3v) is 4.88. The number of nitrogens with one attached hydrogen (secondary N) is 1. The van der Waals surface area contributed by atoms with Crippen molar-refractivity contribution in [3.63, 3.8) is 0 Å². The molecule has 1 amide bonds. The van der Waals surface area contributed by atoms with E-state index in [-0.39, 0.29) is 37.9 Å². The molecule has 0 bridgehead atoms. The van der Waals surface area contributed by atoms with Crippen LogP contribution in [0.1, 0.15) is 52.4 Å². The molecule has 0 aromatic carbocycles. The monoisotopic (exact) mass is 407 g/mol. The van der Waals surface area contributed by atoms with E-state index in [0.29, 0.717) is 24.7 Å². The summed E-state index contributed by atoms with van der Waals surface area (Å²) in [6.07, 6.45) is 3.64. The van der Waals surface area contributed by atoms with Gasteiger partial charge in [0.25, 0.3) is 0 Å². The lowest BCUT2D eigenvalue weighted by atomic mass is 10.1. The molecule has 27 heavy (non-hydrogen) atoms. The number of carbonyl (C=O) groups excluding carboxylic acids is 1. The number of aliphatic carboxylic acids is 1. The summed E-state index contributed by atoms with van der Waals surface area (Å²) in [5.41, 5.74) is 8.58. The minimum absolute atomic E-state index is 0.0527. The molecular formula is C18H37N3O5S. The van der Waals surface area contributed by atoms with E-state index in [9.17, 15) is 14.7 Å². The van der Waals surface area contributed by atoms with Gasteiger partial charge >= 0.3 is 5.97 Å². The molecule has 0 fully saturated rings. The number of carboxylic acid groups (broad SMARTS) is 1. The lowest BCUT2D eigenvalue weighted by Gasteiger charge is -2.30. The Labute approximate surface area is 168 Å². The van der Waals surface area contributed by atoms with E-state index in [2.05, 4.69) is 31.9 Å². The minimum Gasteiger partial charge on any atom is -0.480 e. The van der Waals surface area contributed by atoms with Gasteiger partial charge in [0.15, 0.2) is 0 Å². The molecule has 1 unspecified atom stereocenters. The van der Waals surface area contributed by atoms with Crippen LogP contribution in [0.3, 0.4) is 0 Å². The Hall–Kier alpha value is -0.870. The smallest absolute Gasteiger partial charge is 0.328 e. The van der Waals surface area contributed by atoms with E-state index in [0.717, 1.165) is 30.9 Å². The van der Waals surface area contributed by atoms with Crippen molar-refractivity contribution in [2.75, 3.05) is 32.1 Å². The van der Waals surface area contributed by atoms with Crippen LogP contribution in [0.4, 0.5) is 0 Å². The number of aliphatic hydroxyl groups excluding tert-OH is 1. The van der Waals surface area contributed by atoms with Gasteiger partial charge in [0, 0.05) is 51.0 Å². The fourth-order valence-corrected chi connectivity index (χ4v) is 2.46. The Morgan fingerprint density at radius 3 is 2.52 bits per heavy atom. The fourth-order valence-electron chi connectivity index (χ4n) is 2.33. The van der Waals surface area contributed by atoms with Crippen LogP contribution in [-0.2, 0) is 14.3 Å². The molecule has 0 spiro atoms. The minimum atomic E-state index is -1.17. The third kappa shape index (κ3) is 12.2. The first-order valence-corrected chi connectivity index (χ1v) is 10.3. The molecule has 0 aliphatic rings. The fraction of sp³-hybridized carbons (Fsp3) is 0.889. The molecule has 0 radical (unpaired) electrons. The predicted molar refractivity (Wildman–Crippen MR) is 109 cm³/mol. The normalized spacial score (nSPS) is 14.6. The number of rotatable bonds is 17. The highest BCUT2D eigenvalue weighted by Crippen LogP contribution is 2.09. The number of hydrogen-bond donors (Lipinski definition) is 5. The van der Waals surface area contributed by atoms with Gasteiger partial charge in [-0.15, -0.1) is 0 Å². The van der Waals surface area contributed by atoms with Gasteiger partial charge in [-0.25, -0.2) is 10.2 Å². The summed E-state index contributed by atoms with van der Waals surface area (Å²) in [6.45, 7) is 5.54. The summed E-state index contributed by atoms with van der Waals surface area (Å²) in [4.78, 5) is 24.0. The van der Waals surface area contributed by atoms with Gasteiger partial charge in [0.05, 0.1) is 0 Å². The van der Waals surface area contributed by atoms with Crippen LogP contribution >= 0.6 is 12.6 Å². The van der Waals surface area contributed by atoms with Crippen molar-refractivity contribution in [2.45, 2.75) is 64.5 Å². The summed E-state index contributed by atoms with van der Waals surface area (Å²) in [5.74, 6) is -0.449. The summed E-state index contributed by atoms with van der Waals surface area (Å²) in [5, 5.41) is 19.6. The molecule has 0 aliphatic carbocycles. The van der Waals surface area contributed by atoms with Gasteiger partial charge in [-0.2, -0.15) is 12.6 Å². The van der Waals surface area contributed by atoms with E-state index in [1.807, 2.05) is 0 Å². The summed E-state index contributed by atoms with van der Waals surface area (Å²) >= 11 is 4.08. The molecule has 0 heterocycles. The quantitative estimate of drug-likeness (QED) is 0.139. The number of aliphatic hydroxyl groups is 1. The second-order valence-electron chi connectivity index (χ2n) is 6.81. The molecule has 5 N–H and O–H groups in total. The molecule has 0 rings (SSSR count). The Kier molecular flexibility index (Phi) is 15.6. The Balaban J connectivity index is 4.42. The van der Waals surface area contributed by atoms with Crippen LogP contribution in [0, 0.1) is 5.92 Å². The number of nitrogens with two attached hydrogens (primary N) is 1. The van der Waals surface area contributed by atoms with Gasteiger partial charge in [-0.1, -0.05) is 20.3 Å². The zero-order valence-electron chi connectivity index (χ0n) is 16.6. The highest BCUT2D eigenvalue weighted by Gasteiger charge is 2.29. The average molecular weight is 408 g/mol. The SMILES string of the molecule is CC[C@H](C)CCOCCCCC(=O)N(NCC(N)CS)[C@H](CCO)C(=O)O. The molecule has 160 valence electrons. The molecular weight excluding hydrogens is 370 g/mol. The van der Waals surface area contributed by atoms with E-state index < -0.39 is 12.0 Å². The molecule has 9 heteroatoms. The van der Waals surface area contributed by atoms with Crippen molar-refractivity contribution in [2.24, 2.45) is 11.7 Å². The summed E-state index contributed by atoms with van der Waals surface area (Å²) in [6, 6.07) is -1.45. The van der Waals surface area contributed by atoms with Gasteiger partial charge < -0.3 is 20.7 Å². The number of unbranched alkanes of at least 4 members (excludes halogenated alkanes) is 1. The number of carboxylic acids is 1. The number of hydrazine groups is 1. The maximum absolute atomic E-state index is 12.5. The standard InChI is InChI=1S/C18H37N3O5S/c1-3-14(2)8-11-26-10-5-4-6-17(23)21(20-12-15(19)13-27)16(7-9-22)18(24)25/h14-16,20,22,27H,3-13,19H2,1-2H3,(H,24,25)/t14-,15?,16+/m0/s1. The Bertz CT molecular complexity index is 414. The number of carbonyl (C=O) groups is 2. The first-order chi connectivity index (χ1) is 12.9. The van der Waals surface area contributed by atoms with Crippen LogP contribution in [0.25, 0.3) is 0 Å². The van der Waals surface area contributed by atoms with Crippen molar-refractivity contribution in [3.8, 4) is 0 Å². The third-order valence-electron chi connectivity index (χ3n) is 4.41. The van der Waals surface area contributed by atoms with Crippen molar-refractivity contribution >= 4 is 24.5 Å². The van der Waals surface area contributed by atoms with E-state index >= 15 is 0 Å². The van der Waals surface area contributed by atoms with Crippen LogP contribution < -0.4 is 11.2 Å².